The lowest BCUT2D eigenvalue weighted by Gasteiger charge is -2.27. The largest absolute Gasteiger partial charge is 0.417 e. The Morgan fingerprint density at radius 2 is 1.94 bits per heavy atom. The molecule has 0 saturated carbocycles. The first-order valence-corrected chi connectivity index (χ1v) is 10.2. The van der Waals surface area contributed by atoms with Crippen molar-refractivity contribution in [2.24, 2.45) is 0 Å². The maximum absolute atomic E-state index is 13.2. The van der Waals surface area contributed by atoms with Gasteiger partial charge in [-0.25, -0.2) is 0 Å². The number of carbonyl (C=O) groups excluding carboxylic acids is 2. The number of aromatic nitrogens is 1. The van der Waals surface area contributed by atoms with Crippen LogP contribution in [0.25, 0.3) is 6.08 Å². The van der Waals surface area contributed by atoms with E-state index in [1.54, 1.807) is 24.3 Å². The number of carbonyl (C=O) groups is 2. The number of alkyl halides is 3. The van der Waals surface area contributed by atoms with Crippen molar-refractivity contribution in [3.8, 4) is 0 Å². The molecule has 0 radical (unpaired) electrons. The molecule has 1 aliphatic heterocycles. The fourth-order valence-electron chi connectivity index (χ4n) is 2.56. The molecule has 1 aliphatic rings. The zero-order chi connectivity index (χ0) is 22.8. The number of thiocarbonyl (C=S) groups is 1. The molecular formula is C20H13ClF3N3O2S2. The Morgan fingerprint density at radius 3 is 2.55 bits per heavy atom. The molecule has 2 aromatic rings. The predicted octanol–water partition coefficient (Wildman–Crippen LogP) is 4.72. The summed E-state index contributed by atoms with van der Waals surface area (Å²) in [6, 6.07) is 7.36. The highest BCUT2D eigenvalue weighted by Gasteiger charge is 2.34. The van der Waals surface area contributed by atoms with Gasteiger partial charge in [0.15, 0.2) is 5.11 Å². The monoisotopic (exact) mass is 483 g/mol. The number of nitrogens with zero attached hydrogens (tertiary/aromatic N) is 2. The minimum Gasteiger partial charge on any atom is -0.298 e. The van der Waals surface area contributed by atoms with Crippen molar-refractivity contribution in [1.82, 2.24) is 15.2 Å². The summed E-state index contributed by atoms with van der Waals surface area (Å²) in [7, 11) is 0. The number of pyridine rings is 1. The molecule has 2 amide bonds. The summed E-state index contributed by atoms with van der Waals surface area (Å²) in [4.78, 5) is 30.7. The molecule has 160 valence electrons. The molecule has 1 aromatic carbocycles. The second-order valence-corrected chi connectivity index (χ2v) is 8.12. The normalized spacial score (nSPS) is 15.9. The highest BCUT2D eigenvalue weighted by atomic mass is 35.5. The Kier molecular flexibility index (Phi) is 6.83. The molecule has 3 rings (SSSR count). The highest BCUT2D eigenvalue weighted by Crippen LogP contribution is 2.36. The van der Waals surface area contributed by atoms with Gasteiger partial charge in [0.25, 0.3) is 11.8 Å². The summed E-state index contributed by atoms with van der Waals surface area (Å²) in [5, 5.41) is 2.77. The maximum Gasteiger partial charge on any atom is 0.417 e. The number of amides is 2. The van der Waals surface area contributed by atoms with Gasteiger partial charge in [0.05, 0.1) is 11.3 Å². The van der Waals surface area contributed by atoms with Crippen molar-refractivity contribution in [3.63, 3.8) is 0 Å². The molecule has 0 spiro atoms. The molecule has 0 aliphatic carbocycles. The fraction of sp³-hybridized carbons (Fsp3) is 0.100. The van der Waals surface area contributed by atoms with Gasteiger partial charge >= 0.3 is 6.18 Å². The van der Waals surface area contributed by atoms with Crippen LogP contribution in [0.4, 0.5) is 13.2 Å². The average molecular weight is 484 g/mol. The van der Waals surface area contributed by atoms with Gasteiger partial charge in [0.1, 0.15) is 5.57 Å². The van der Waals surface area contributed by atoms with Gasteiger partial charge in [-0.05, 0) is 48.6 Å². The molecule has 0 unspecified atom stereocenters. The van der Waals surface area contributed by atoms with E-state index in [-0.39, 0.29) is 27.8 Å². The summed E-state index contributed by atoms with van der Waals surface area (Å²) < 4.78 is 39.7. The quantitative estimate of drug-likeness (QED) is 0.289. The lowest BCUT2D eigenvalue weighted by atomic mass is 10.1. The number of rotatable bonds is 5. The van der Waals surface area contributed by atoms with Gasteiger partial charge < -0.3 is 0 Å². The second-order valence-electron chi connectivity index (χ2n) is 6.18. The Morgan fingerprint density at radius 1 is 1.26 bits per heavy atom. The van der Waals surface area contributed by atoms with Gasteiger partial charge in [-0.3, -0.25) is 24.8 Å². The van der Waals surface area contributed by atoms with Crippen LogP contribution >= 0.6 is 35.6 Å². The van der Waals surface area contributed by atoms with E-state index in [0.717, 1.165) is 28.8 Å². The predicted molar refractivity (Wildman–Crippen MR) is 115 cm³/mol. The van der Waals surface area contributed by atoms with Gasteiger partial charge in [0, 0.05) is 27.6 Å². The Hall–Kier alpha value is -2.69. The van der Waals surface area contributed by atoms with Gasteiger partial charge in [-0.1, -0.05) is 29.4 Å². The second kappa shape index (κ2) is 9.21. The van der Waals surface area contributed by atoms with E-state index < -0.39 is 23.6 Å². The number of benzene rings is 1. The lowest BCUT2D eigenvalue weighted by molar-refractivity contribution is -0.138. The van der Waals surface area contributed by atoms with E-state index in [0.29, 0.717) is 16.1 Å². The van der Waals surface area contributed by atoms with Crippen molar-refractivity contribution in [3.05, 3.63) is 71.0 Å². The first-order chi connectivity index (χ1) is 14.6. The summed E-state index contributed by atoms with van der Waals surface area (Å²) >= 11 is 11.8. The van der Waals surface area contributed by atoms with Crippen molar-refractivity contribution in [1.29, 1.82) is 0 Å². The van der Waals surface area contributed by atoms with E-state index in [9.17, 15) is 22.8 Å². The van der Waals surface area contributed by atoms with Crippen LogP contribution < -0.4 is 5.32 Å². The summed E-state index contributed by atoms with van der Waals surface area (Å²) in [5.74, 6) is -1.46. The fourth-order valence-corrected chi connectivity index (χ4v) is 3.86. The molecule has 0 bridgehead atoms. The number of halogens is 4. The van der Waals surface area contributed by atoms with Crippen LogP contribution in [-0.2, 0) is 15.8 Å². The summed E-state index contributed by atoms with van der Waals surface area (Å²) in [6.45, 7) is 3.59. The minimum absolute atomic E-state index is 0.0258. The third-order valence-corrected chi connectivity index (χ3v) is 5.66. The van der Waals surface area contributed by atoms with Crippen LogP contribution in [0.15, 0.2) is 64.5 Å². The van der Waals surface area contributed by atoms with Crippen LogP contribution in [-0.4, -0.2) is 33.4 Å². The first kappa shape index (κ1) is 23.0. The molecule has 2 heterocycles. The molecular weight excluding hydrogens is 471 g/mol. The van der Waals surface area contributed by atoms with E-state index in [1.807, 2.05) is 0 Å². The molecule has 5 nitrogen and oxygen atoms in total. The van der Waals surface area contributed by atoms with Crippen LogP contribution in [0.2, 0.25) is 5.02 Å². The van der Waals surface area contributed by atoms with Gasteiger partial charge in [0.2, 0.25) is 0 Å². The smallest absolute Gasteiger partial charge is 0.298 e. The first-order valence-electron chi connectivity index (χ1n) is 8.60. The number of nitrogens with one attached hydrogen (secondary N) is 1. The maximum atomic E-state index is 13.2. The minimum atomic E-state index is -4.61. The topological polar surface area (TPSA) is 62.3 Å². The third-order valence-electron chi connectivity index (χ3n) is 4.03. The van der Waals surface area contributed by atoms with Gasteiger partial charge in [-0.2, -0.15) is 13.2 Å². The van der Waals surface area contributed by atoms with E-state index in [2.05, 4.69) is 16.9 Å². The van der Waals surface area contributed by atoms with Crippen LogP contribution in [0.3, 0.4) is 0 Å². The Bertz CT molecular complexity index is 1100. The van der Waals surface area contributed by atoms with Crippen LogP contribution in [0, 0.1) is 0 Å². The lowest BCUT2D eigenvalue weighted by Crippen LogP contribution is -2.53. The van der Waals surface area contributed by atoms with Crippen molar-refractivity contribution in [2.45, 2.75) is 16.0 Å². The molecule has 11 heteroatoms. The SMILES string of the molecule is C=CCN1C(=O)/C(=C/c2ncc(C(F)(F)F)cc2Sc2ccc(Cl)cc2)C(=O)NC1=S. The standard InChI is InChI=1S/C20H13ClF3N3O2S2/c1-2-7-27-18(29)14(17(28)26-19(27)30)9-15-16(8-11(10-25-15)20(22,23)24)31-13-5-3-12(21)4-6-13/h2-6,8-10H,1,7H2,(H,26,28,30)/b14-9+. The zero-order valence-corrected chi connectivity index (χ0v) is 18.0. The highest BCUT2D eigenvalue weighted by molar-refractivity contribution is 7.99. The number of hydrogen-bond donors (Lipinski definition) is 1. The van der Waals surface area contributed by atoms with Gasteiger partial charge in [-0.15, -0.1) is 6.58 Å². The average Bonchev–Trinajstić information content (AvgIpc) is 2.70. The van der Waals surface area contributed by atoms with E-state index >= 15 is 0 Å². The summed E-state index contributed by atoms with van der Waals surface area (Å²) in [5.41, 5.74) is -1.24. The molecule has 1 aromatic heterocycles. The zero-order valence-electron chi connectivity index (χ0n) is 15.6. The third kappa shape index (κ3) is 5.33. The van der Waals surface area contributed by atoms with Crippen LogP contribution in [0.5, 0.6) is 0 Å². The van der Waals surface area contributed by atoms with Crippen molar-refractivity contribution in [2.75, 3.05) is 6.54 Å². The van der Waals surface area contributed by atoms with Crippen molar-refractivity contribution < 1.29 is 22.8 Å². The van der Waals surface area contributed by atoms with E-state index in [4.69, 9.17) is 23.8 Å². The molecule has 1 N–H and O–H groups in total. The Labute approximate surface area is 190 Å². The molecule has 0 atom stereocenters. The Balaban J connectivity index is 2.07. The molecule has 1 fully saturated rings. The van der Waals surface area contributed by atoms with Crippen LogP contribution in [0.1, 0.15) is 11.3 Å². The van der Waals surface area contributed by atoms with E-state index in [1.165, 1.54) is 6.08 Å². The molecule has 31 heavy (non-hydrogen) atoms. The molecule has 1 saturated heterocycles. The van der Waals surface area contributed by atoms with Crippen molar-refractivity contribution >= 4 is 58.6 Å². The number of hydrogen-bond acceptors (Lipinski definition) is 5. The summed E-state index contributed by atoms with van der Waals surface area (Å²) in [6.07, 6.45) is -1.39.